The molecule has 7 heteroatoms. The lowest BCUT2D eigenvalue weighted by molar-refractivity contribution is -0.122. The molecule has 0 saturated carbocycles. The van der Waals surface area contributed by atoms with Crippen LogP contribution in [-0.2, 0) is 16.1 Å². The Balaban J connectivity index is 1.84. The minimum atomic E-state index is -0.191. The Labute approximate surface area is 175 Å². The molecule has 2 aromatic carbocycles. The molecule has 2 heterocycles. The van der Waals surface area contributed by atoms with E-state index in [9.17, 15) is 9.59 Å². The molecule has 0 N–H and O–H groups in total. The summed E-state index contributed by atoms with van der Waals surface area (Å²) in [6.07, 6.45) is 0. The SMILES string of the molecule is CCN1C(=O)C(=C2C(=O)N(Cc3ccccc3)c3ccc(Br)cc32)SC1=S. The zero-order valence-corrected chi connectivity index (χ0v) is 17.7. The molecule has 2 aromatic rings. The van der Waals surface area contributed by atoms with Crippen LogP contribution in [0.4, 0.5) is 5.69 Å². The molecule has 1 saturated heterocycles. The smallest absolute Gasteiger partial charge is 0.266 e. The van der Waals surface area contributed by atoms with Crippen LogP contribution >= 0.6 is 39.9 Å². The van der Waals surface area contributed by atoms with Crippen LogP contribution in [0.5, 0.6) is 0 Å². The van der Waals surface area contributed by atoms with Crippen molar-refractivity contribution in [1.29, 1.82) is 0 Å². The number of carbonyl (C=O) groups excluding carboxylic acids is 2. The molecule has 0 atom stereocenters. The highest BCUT2D eigenvalue weighted by molar-refractivity contribution is 9.10. The van der Waals surface area contributed by atoms with Crippen molar-refractivity contribution < 1.29 is 9.59 Å². The van der Waals surface area contributed by atoms with Crippen LogP contribution in [0, 0.1) is 0 Å². The van der Waals surface area contributed by atoms with Crippen LogP contribution in [0.2, 0.25) is 0 Å². The quantitative estimate of drug-likeness (QED) is 0.498. The molecule has 0 radical (unpaired) electrons. The average Bonchev–Trinajstić information content (AvgIpc) is 3.08. The molecule has 0 aromatic heterocycles. The van der Waals surface area contributed by atoms with Gasteiger partial charge in [-0.05, 0) is 30.7 Å². The monoisotopic (exact) mass is 458 g/mol. The van der Waals surface area contributed by atoms with Crippen molar-refractivity contribution in [2.24, 2.45) is 0 Å². The van der Waals surface area contributed by atoms with Crippen LogP contribution in [0.1, 0.15) is 18.1 Å². The van der Waals surface area contributed by atoms with Crippen molar-refractivity contribution in [1.82, 2.24) is 4.90 Å². The number of fused-ring (bicyclic) bond motifs is 1. The fraction of sp³-hybridized carbons (Fsp3) is 0.150. The van der Waals surface area contributed by atoms with E-state index in [1.807, 2.05) is 55.5 Å². The number of nitrogens with zero attached hydrogens (tertiary/aromatic N) is 2. The van der Waals surface area contributed by atoms with Crippen molar-refractivity contribution in [3.05, 3.63) is 69.0 Å². The highest BCUT2D eigenvalue weighted by Crippen LogP contribution is 2.45. The molecular weight excluding hydrogens is 444 g/mol. The maximum atomic E-state index is 13.3. The highest BCUT2D eigenvalue weighted by atomic mass is 79.9. The van der Waals surface area contributed by atoms with E-state index >= 15 is 0 Å². The van der Waals surface area contributed by atoms with Gasteiger partial charge in [0.1, 0.15) is 4.32 Å². The van der Waals surface area contributed by atoms with Gasteiger partial charge in [0.05, 0.1) is 22.7 Å². The summed E-state index contributed by atoms with van der Waals surface area (Å²) in [4.78, 5) is 29.8. The fourth-order valence-electron chi connectivity index (χ4n) is 3.27. The molecule has 1 fully saturated rings. The van der Waals surface area contributed by atoms with Gasteiger partial charge >= 0.3 is 0 Å². The predicted octanol–water partition coefficient (Wildman–Crippen LogP) is 4.59. The van der Waals surface area contributed by atoms with Crippen LogP contribution in [-0.4, -0.2) is 27.6 Å². The van der Waals surface area contributed by atoms with E-state index in [-0.39, 0.29) is 11.8 Å². The first-order valence-electron chi connectivity index (χ1n) is 8.45. The minimum absolute atomic E-state index is 0.163. The summed E-state index contributed by atoms with van der Waals surface area (Å²) in [5.74, 6) is -0.355. The van der Waals surface area contributed by atoms with Crippen LogP contribution < -0.4 is 4.90 Å². The Morgan fingerprint density at radius 2 is 1.78 bits per heavy atom. The summed E-state index contributed by atoms with van der Waals surface area (Å²) in [7, 11) is 0. The maximum absolute atomic E-state index is 13.3. The van der Waals surface area contributed by atoms with Crippen molar-refractivity contribution in [2.45, 2.75) is 13.5 Å². The van der Waals surface area contributed by atoms with E-state index in [0.29, 0.717) is 27.9 Å². The second kappa shape index (κ2) is 7.22. The highest BCUT2D eigenvalue weighted by Gasteiger charge is 2.41. The second-order valence-electron chi connectivity index (χ2n) is 6.16. The molecule has 2 aliphatic heterocycles. The van der Waals surface area contributed by atoms with Gasteiger partial charge in [-0.3, -0.25) is 14.5 Å². The molecule has 0 aliphatic carbocycles. The lowest BCUT2D eigenvalue weighted by Crippen LogP contribution is -2.29. The van der Waals surface area contributed by atoms with Gasteiger partial charge < -0.3 is 4.90 Å². The zero-order chi connectivity index (χ0) is 19.1. The molecule has 2 amide bonds. The summed E-state index contributed by atoms with van der Waals surface area (Å²) in [6.45, 7) is 2.82. The van der Waals surface area contributed by atoms with Gasteiger partial charge in [-0.25, -0.2) is 0 Å². The molecule has 4 nitrogen and oxygen atoms in total. The van der Waals surface area contributed by atoms with E-state index in [4.69, 9.17) is 12.2 Å². The van der Waals surface area contributed by atoms with Crippen LogP contribution in [0.3, 0.4) is 0 Å². The Kier molecular flexibility index (Phi) is 4.92. The summed E-state index contributed by atoms with van der Waals surface area (Å²) >= 11 is 10.0. The summed E-state index contributed by atoms with van der Waals surface area (Å²) < 4.78 is 1.36. The average molecular weight is 459 g/mol. The van der Waals surface area contributed by atoms with E-state index < -0.39 is 0 Å². The van der Waals surface area contributed by atoms with Gasteiger partial charge in [-0.2, -0.15) is 0 Å². The number of thiocarbonyl (C=S) groups is 1. The van der Waals surface area contributed by atoms with Crippen molar-refractivity contribution >= 4 is 67.3 Å². The first-order valence-corrected chi connectivity index (χ1v) is 10.5. The number of hydrogen-bond acceptors (Lipinski definition) is 4. The Morgan fingerprint density at radius 3 is 2.44 bits per heavy atom. The van der Waals surface area contributed by atoms with E-state index in [1.54, 1.807) is 4.90 Å². The molecule has 0 unspecified atom stereocenters. The van der Waals surface area contributed by atoms with Gasteiger partial charge in [0, 0.05) is 16.6 Å². The van der Waals surface area contributed by atoms with Crippen molar-refractivity contribution in [3.8, 4) is 0 Å². The van der Waals surface area contributed by atoms with Gasteiger partial charge in [0.25, 0.3) is 11.8 Å². The van der Waals surface area contributed by atoms with Gasteiger partial charge in [-0.15, -0.1) is 0 Å². The Morgan fingerprint density at radius 1 is 1.04 bits per heavy atom. The van der Waals surface area contributed by atoms with Crippen molar-refractivity contribution in [2.75, 3.05) is 11.4 Å². The van der Waals surface area contributed by atoms with E-state index in [2.05, 4.69) is 15.9 Å². The largest absolute Gasteiger partial charge is 0.303 e. The first kappa shape index (κ1) is 18.4. The van der Waals surface area contributed by atoms with Gasteiger partial charge in [0.15, 0.2) is 0 Å². The number of likely N-dealkylation sites (N-methyl/N-ethyl adjacent to an activating group) is 1. The maximum Gasteiger partial charge on any atom is 0.266 e. The fourth-order valence-corrected chi connectivity index (χ4v) is 5.08. The second-order valence-corrected chi connectivity index (χ2v) is 8.72. The summed E-state index contributed by atoms with van der Waals surface area (Å²) in [5, 5.41) is 0. The van der Waals surface area contributed by atoms with E-state index in [1.165, 1.54) is 16.7 Å². The molecule has 136 valence electrons. The van der Waals surface area contributed by atoms with Gasteiger partial charge in [-0.1, -0.05) is 70.2 Å². The topological polar surface area (TPSA) is 40.6 Å². The molecule has 2 aliphatic rings. The third-order valence-corrected chi connectivity index (χ3v) is 6.50. The van der Waals surface area contributed by atoms with E-state index in [0.717, 1.165) is 21.3 Å². The molecule has 27 heavy (non-hydrogen) atoms. The number of thioether (sulfide) groups is 1. The predicted molar refractivity (Wildman–Crippen MR) is 116 cm³/mol. The number of amides is 2. The van der Waals surface area contributed by atoms with Crippen LogP contribution in [0.25, 0.3) is 5.57 Å². The number of rotatable bonds is 3. The third-order valence-electron chi connectivity index (χ3n) is 4.55. The molecular formula is C20H15BrN2O2S2. The third kappa shape index (κ3) is 3.13. The lowest BCUT2D eigenvalue weighted by Gasteiger charge is -2.17. The van der Waals surface area contributed by atoms with Crippen LogP contribution in [0.15, 0.2) is 57.9 Å². The lowest BCUT2D eigenvalue weighted by atomic mass is 10.1. The Bertz CT molecular complexity index is 1000. The number of carbonyl (C=O) groups is 2. The standard InChI is InChI=1S/C20H15BrN2O2S2/c1-2-22-19(25)17(27-20(22)26)16-14-10-13(21)8-9-15(14)23(18(16)24)11-12-6-4-3-5-7-12/h3-10H,2,11H2,1H3. The summed E-state index contributed by atoms with van der Waals surface area (Å²) in [6, 6.07) is 15.5. The van der Waals surface area contributed by atoms with Crippen molar-refractivity contribution in [3.63, 3.8) is 0 Å². The molecule has 0 spiro atoms. The zero-order valence-electron chi connectivity index (χ0n) is 14.4. The summed E-state index contributed by atoms with van der Waals surface area (Å²) in [5.41, 5.74) is 3.04. The normalized spacial score (nSPS) is 19.3. The minimum Gasteiger partial charge on any atom is -0.303 e. The number of halogens is 1. The number of anilines is 1. The van der Waals surface area contributed by atoms with Gasteiger partial charge in [0.2, 0.25) is 0 Å². The molecule has 0 bridgehead atoms. The molecule has 4 rings (SSSR count). The Hall–Kier alpha value is -1.96. The first-order chi connectivity index (χ1) is 13.0. The number of benzene rings is 2. The number of hydrogen-bond donors (Lipinski definition) is 0.